The molecule has 32 heavy (non-hydrogen) atoms. The Labute approximate surface area is 177 Å². The number of sulfonamides is 1. The number of carbonyl (C=O) groups is 3. The standard InChI is InChI=1S/C14H11F6NO9S2/c1-29-10(23)7-3-6(4-8(5-7)11(24)30-2)9(22)21-32(27,28)14(19,20)12(15,16)13(17,18)31(25)26/h3-5H,1-2H3,(H,21,22)(H,25,26). The fraction of sp³-hybridized carbons (Fsp3) is 0.357. The van der Waals surface area contributed by atoms with E-state index in [1.54, 1.807) is 0 Å². The summed E-state index contributed by atoms with van der Waals surface area (Å²) < 4.78 is 132. The zero-order chi connectivity index (χ0) is 25.3. The monoisotopic (exact) mass is 515 g/mol. The molecule has 1 unspecified atom stereocenters. The minimum absolute atomic E-state index is 0.383. The van der Waals surface area contributed by atoms with Crippen molar-refractivity contribution in [2.24, 2.45) is 0 Å². The normalized spacial score (nSPS) is 13.8. The maximum absolute atomic E-state index is 13.8. The summed E-state index contributed by atoms with van der Waals surface area (Å²) in [5.41, 5.74) is -2.29. The number of ether oxygens (including phenoxy) is 2. The molecule has 0 spiro atoms. The number of methoxy groups -OCH3 is 2. The van der Waals surface area contributed by atoms with Gasteiger partial charge in [0.2, 0.25) is 11.1 Å². The summed E-state index contributed by atoms with van der Waals surface area (Å²) in [5.74, 6) is -11.6. The van der Waals surface area contributed by atoms with Gasteiger partial charge in [0.25, 0.3) is 5.91 Å². The van der Waals surface area contributed by atoms with E-state index >= 15 is 0 Å². The second kappa shape index (κ2) is 9.02. The molecule has 1 rings (SSSR count). The Morgan fingerprint density at radius 3 is 1.62 bits per heavy atom. The first kappa shape index (κ1) is 27.3. The van der Waals surface area contributed by atoms with E-state index in [1.165, 1.54) is 0 Å². The number of esters is 2. The lowest BCUT2D eigenvalue weighted by Crippen LogP contribution is -2.62. The van der Waals surface area contributed by atoms with Crippen molar-refractivity contribution in [2.45, 2.75) is 16.4 Å². The van der Waals surface area contributed by atoms with Gasteiger partial charge in [-0.3, -0.25) is 4.79 Å². The number of hydrogen-bond donors (Lipinski definition) is 2. The summed E-state index contributed by atoms with van der Waals surface area (Å²) in [5, 5.41) is -13.2. The second-order valence-electron chi connectivity index (χ2n) is 5.57. The van der Waals surface area contributed by atoms with Crippen molar-refractivity contribution in [3.8, 4) is 0 Å². The van der Waals surface area contributed by atoms with Crippen LogP contribution in [-0.4, -0.2) is 65.7 Å². The molecule has 0 saturated heterocycles. The van der Waals surface area contributed by atoms with E-state index in [2.05, 4.69) is 9.47 Å². The van der Waals surface area contributed by atoms with E-state index < -0.39 is 72.1 Å². The Morgan fingerprint density at radius 1 is 0.906 bits per heavy atom. The summed E-state index contributed by atoms with van der Waals surface area (Å²) in [6, 6.07) is 1.77. The number of benzene rings is 1. The van der Waals surface area contributed by atoms with Crippen molar-refractivity contribution in [3.63, 3.8) is 0 Å². The summed E-state index contributed by atoms with van der Waals surface area (Å²) in [6.07, 6.45) is 0. The molecular weight excluding hydrogens is 504 g/mol. The largest absolute Gasteiger partial charge is 0.465 e. The van der Waals surface area contributed by atoms with Crippen LogP contribution in [0.2, 0.25) is 0 Å². The van der Waals surface area contributed by atoms with E-state index in [9.17, 15) is 53.4 Å². The molecular formula is C14H11F6NO9S2. The first-order chi connectivity index (χ1) is 14.4. The third kappa shape index (κ3) is 4.70. The van der Waals surface area contributed by atoms with Gasteiger partial charge >= 0.3 is 38.4 Å². The van der Waals surface area contributed by atoms with E-state index in [-0.39, 0.29) is 0 Å². The van der Waals surface area contributed by atoms with Crippen molar-refractivity contribution in [1.82, 2.24) is 4.72 Å². The molecule has 0 heterocycles. The van der Waals surface area contributed by atoms with Crippen molar-refractivity contribution in [3.05, 3.63) is 34.9 Å². The molecule has 10 nitrogen and oxygen atoms in total. The Hall–Kier alpha value is -2.73. The molecule has 1 aromatic rings. The molecule has 0 bridgehead atoms. The molecule has 0 aliphatic carbocycles. The van der Waals surface area contributed by atoms with E-state index in [0.29, 0.717) is 16.9 Å². The number of rotatable bonds is 8. The van der Waals surface area contributed by atoms with Crippen LogP contribution in [0.5, 0.6) is 0 Å². The molecule has 0 radical (unpaired) electrons. The van der Waals surface area contributed by atoms with Gasteiger partial charge in [0, 0.05) is 5.56 Å². The van der Waals surface area contributed by atoms with Gasteiger partial charge in [-0.2, -0.15) is 34.8 Å². The zero-order valence-electron chi connectivity index (χ0n) is 15.5. The second-order valence-corrected chi connectivity index (χ2v) is 8.31. The number of carbonyl (C=O) groups excluding carboxylic acids is 3. The fourth-order valence-corrected chi connectivity index (χ4v) is 3.29. The molecule has 1 amide bonds. The smallest absolute Gasteiger partial charge is 0.433 e. The SMILES string of the molecule is COC(=O)c1cc(C(=O)NS(=O)(=O)C(F)(F)C(F)(F)C(F)(F)S(=O)O)cc(C(=O)OC)c1. The summed E-state index contributed by atoms with van der Waals surface area (Å²) >= 11 is -4.94. The van der Waals surface area contributed by atoms with Gasteiger partial charge in [-0.15, -0.1) is 0 Å². The molecule has 2 N–H and O–H groups in total. The summed E-state index contributed by atoms with van der Waals surface area (Å²) in [6.45, 7) is 0. The molecule has 0 saturated carbocycles. The van der Waals surface area contributed by atoms with Gasteiger partial charge in [-0.1, -0.05) is 0 Å². The number of halogens is 6. The van der Waals surface area contributed by atoms with Crippen molar-refractivity contribution >= 4 is 38.9 Å². The van der Waals surface area contributed by atoms with Crippen LogP contribution >= 0.6 is 0 Å². The number of amides is 1. The van der Waals surface area contributed by atoms with Gasteiger partial charge in [-0.25, -0.2) is 18.5 Å². The van der Waals surface area contributed by atoms with Crippen LogP contribution in [0.15, 0.2) is 18.2 Å². The van der Waals surface area contributed by atoms with Crippen molar-refractivity contribution in [2.75, 3.05) is 14.2 Å². The molecule has 18 heteroatoms. The summed E-state index contributed by atoms with van der Waals surface area (Å²) in [7, 11) is -5.29. The first-order valence-corrected chi connectivity index (χ1v) is 10.1. The van der Waals surface area contributed by atoms with Crippen LogP contribution in [0.3, 0.4) is 0 Å². The molecule has 0 aliphatic heterocycles. The van der Waals surface area contributed by atoms with E-state index in [1.807, 2.05) is 0 Å². The molecule has 1 atom stereocenters. The average Bonchev–Trinajstić information content (AvgIpc) is 2.71. The predicted molar refractivity (Wildman–Crippen MR) is 91.1 cm³/mol. The maximum Gasteiger partial charge on any atom is 0.433 e. The molecule has 0 fully saturated rings. The van der Waals surface area contributed by atoms with E-state index in [4.69, 9.17) is 4.55 Å². The van der Waals surface area contributed by atoms with Gasteiger partial charge in [0.15, 0.2) is 0 Å². The Kier molecular flexibility index (Phi) is 7.70. The zero-order valence-corrected chi connectivity index (χ0v) is 17.2. The lowest BCUT2D eigenvalue weighted by Gasteiger charge is -2.29. The highest BCUT2D eigenvalue weighted by Gasteiger charge is 2.80. The van der Waals surface area contributed by atoms with Crippen LogP contribution < -0.4 is 4.72 Å². The highest BCUT2D eigenvalue weighted by atomic mass is 32.2. The number of hydrogen-bond acceptors (Lipinski definition) is 8. The third-order valence-corrected chi connectivity index (χ3v) is 5.63. The quantitative estimate of drug-likeness (QED) is 0.297. The predicted octanol–water partition coefficient (Wildman–Crippen LogP) is 1.36. The van der Waals surface area contributed by atoms with Gasteiger partial charge in [-0.05, 0) is 18.2 Å². The van der Waals surface area contributed by atoms with Crippen molar-refractivity contribution < 1.29 is 67.4 Å². The van der Waals surface area contributed by atoms with Gasteiger partial charge in [0.1, 0.15) is 0 Å². The topological polar surface area (TPSA) is 153 Å². The number of nitrogens with one attached hydrogen (secondary N) is 1. The van der Waals surface area contributed by atoms with E-state index in [0.717, 1.165) is 20.3 Å². The lowest BCUT2D eigenvalue weighted by atomic mass is 10.1. The molecule has 1 aromatic carbocycles. The summed E-state index contributed by atoms with van der Waals surface area (Å²) in [4.78, 5) is 35.3. The molecule has 180 valence electrons. The fourth-order valence-electron chi connectivity index (χ4n) is 1.92. The van der Waals surface area contributed by atoms with Crippen molar-refractivity contribution in [1.29, 1.82) is 0 Å². The highest BCUT2D eigenvalue weighted by Crippen LogP contribution is 2.49. The van der Waals surface area contributed by atoms with Gasteiger partial charge in [0.05, 0.1) is 25.3 Å². The molecule has 0 aromatic heterocycles. The van der Waals surface area contributed by atoms with Crippen LogP contribution in [0.25, 0.3) is 0 Å². The van der Waals surface area contributed by atoms with Crippen LogP contribution in [0.1, 0.15) is 31.1 Å². The minimum Gasteiger partial charge on any atom is -0.465 e. The highest BCUT2D eigenvalue weighted by molar-refractivity contribution is 7.91. The van der Waals surface area contributed by atoms with Gasteiger partial charge < -0.3 is 14.0 Å². The molecule has 0 aliphatic rings. The Balaban J connectivity index is 3.49. The third-order valence-electron chi connectivity index (χ3n) is 3.55. The maximum atomic E-state index is 13.8. The van der Waals surface area contributed by atoms with Crippen LogP contribution in [0.4, 0.5) is 26.3 Å². The Morgan fingerprint density at radius 2 is 1.28 bits per heavy atom. The number of alkyl halides is 6. The van der Waals surface area contributed by atoms with Crippen LogP contribution in [-0.2, 0) is 30.6 Å². The Bertz CT molecular complexity index is 1040. The first-order valence-electron chi connectivity index (χ1n) is 7.50. The average molecular weight is 515 g/mol. The lowest BCUT2D eigenvalue weighted by molar-refractivity contribution is -0.244. The van der Waals surface area contributed by atoms with Crippen LogP contribution in [0, 0.1) is 0 Å². The minimum atomic E-state index is -7.00.